The average Bonchev–Trinajstić information content (AvgIpc) is 2.38. The molecule has 1 N–H and O–H groups in total. The number of amides is 1. The molecule has 0 spiro atoms. The number of pyridine rings is 1. The highest BCUT2D eigenvalue weighted by molar-refractivity contribution is 5.85. The second kappa shape index (κ2) is 5.60. The average molecular weight is 240 g/mol. The van der Waals surface area contributed by atoms with Crippen LogP contribution in [-0.2, 0) is 20.0 Å². The lowest BCUT2D eigenvalue weighted by atomic mass is 9.97. The molecule has 17 heavy (non-hydrogen) atoms. The van der Waals surface area contributed by atoms with Crippen LogP contribution in [0.3, 0.4) is 0 Å². The van der Waals surface area contributed by atoms with Gasteiger partial charge in [0.1, 0.15) is 0 Å². The molecule has 1 aromatic rings. The van der Waals surface area contributed by atoms with Crippen LogP contribution < -0.4 is 10.2 Å². The van der Waals surface area contributed by atoms with Crippen molar-refractivity contribution in [1.82, 2.24) is 10.5 Å². The first-order valence-electron chi connectivity index (χ1n) is 4.97. The first kappa shape index (κ1) is 13.4. The van der Waals surface area contributed by atoms with Gasteiger partial charge in [0.2, 0.25) is 5.88 Å². The smallest absolute Gasteiger partial charge is 0.280 e. The van der Waals surface area contributed by atoms with Crippen LogP contribution in [0.2, 0.25) is 0 Å². The second-order valence-electron chi connectivity index (χ2n) is 3.46. The Morgan fingerprint density at radius 2 is 2.06 bits per heavy atom. The summed E-state index contributed by atoms with van der Waals surface area (Å²) in [4.78, 5) is 20.5. The SMILES string of the molecule is CONC(=O)C(C)(OC)c1ccc(OC)nc1. The van der Waals surface area contributed by atoms with Crippen molar-refractivity contribution in [3.05, 3.63) is 23.9 Å². The topological polar surface area (TPSA) is 69.7 Å². The van der Waals surface area contributed by atoms with Gasteiger partial charge < -0.3 is 9.47 Å². The van der Waals surface area contributed by atoms with Crippen molar-refractivity contribution < 1.29 is 19.1 Å². The molecule has 0 radical (unpaired) electrons. The zero-order chi connectivity index (χ0) is 12.9. The number of carbonyl (C=O) groups excluding carboxylic acids is 1. The number of hydrogen-bond acceptors (Lipinski definition) is 5. The fourth-order valence-electron chi connectivity index (χ4n) is 1.31. The maximum atomic E-state index is 11.8. The number of carbonyl (C=O) groups is 1. The van der Waals surface area contributed by atoms with Crippen molar-refractivity contribution >= 4 is 5.91 Å². The van der Waals surface area contributed by atoms with Gasteiger partial charge in [0.25, 0.3) is 5.91 Å². The van der Waals surface area contributed by atoms with Crippen LogP contribution in [0, 0.1) is 0 Å². The van der Waals surface area contributed by atoms with Crippen LogP contribution in [-0.4, -0.2) is 32.2 Å². The van der Waals surface area contributed by atoms with Gasteiger partial charge in [0.05, 0.1) is 14.2 Å². The lowest BCUT2D eigenvalue weighted by Crippen LogP contribution is -2.43. The summed E-state index contributed by atoms with van der Waals surface area (Å²) < 4.78 is 10.2. The lowest BCUT2D eigenvalue weighted by Gasteiger charge is -2.26. The van der Waals surface area contributed by atoms with Gasteiger partial charge in [-0.15, -0.1) is 0 Å². The van der Waals surface area contributed by atoms with Crippen LogP contribution in [0.15, 0.2) is 18.3 Å². The number of nitrogens with one attached hydrogen (secondary N) is 1. The summed E-state index contributed by atoms with van der Waals surface area (Å²) in [5.41, 5.74) is 1.69. The van der Waals surface area contributed by atoms with Crippen LogP contribution in [0.1, 0.15) is 12.5 Å². The summed E-state index contributed by atoms with van der Waals surface area (Å²) in [5.74, 6) is 0.0637. The second-order valence-corrected chi connectivity index (χ2v) is 3.46. The van der Waals surface area contributed by atoms with E-state index in [-0.39, 0.29) is 0 Å². The minimum absolute atomic E-state index is 0.408. The van der Waals surface area contributed by atoms with E-state index in [4.69, 9.17) is 9.47 Å². The number of ether oxygens (including phenoxy) is 2. The van der Waals surface area contributed by atoms with E-state index in [2.05, 4.69) is 15.3 Å². The highest BCUT2D eigenvalue weighted by atomic mass is 16.6. The number of rotatable bonds is 5. The molecule has 1 rings (SSSR count). The Labute approximate surface area is 99.8 Å². The summed E-state index contributed by atoms with van der Waals surface area (Å²) in [6.45, 7) is 1.63. The first-order valence-corrected chi connectivity index (χ1v) is 4.97. The van der Waals surface area contributed by atoms with Gasteiger partial charge in [0.15, 0.2) is 5.60 Å². The van der Waals surface area contributed by atoms with E-state index in [0.29, 0.717) is 11.4 Å². The Balaban J connectivity index is 3.02. The number of nitrogens with zero attached hydrogens (tertiary/aromatic N) is 1. The fourth-order valence-corrected chi connectivity index (χ4v) is 1.31. The van der Waals surface area contributed by atoms with Crippen molar-refractivity contribution in [1.29, 1.82) is 0 Å². The molecule has 6 nitrogen and oxygen atoms in total. The molecule has 0 saturated carbocycles. The Kier molecular flexibility index (Phi) is 4.42. The monoisotopic (exact) mass is 240 g/mol. The quantitative estimate of drug-likeness (QED) is 0.764. The summed E-state index contributed by atoms with van der Waals surface area (Å²) in [6.07, 6.45) is 1.53. The molecule has 1 atom stereocenters. The molecule has 0 aliphatic rings. The molecule has 1 heterocycles. The molecule has 94 valence electrons. The Morgan fingerprint density at radius 3 is 2.47 bits per heavy atom. The van der Waals surface area contributed by atoms with Gasteiger partial charge in [-0.05, 0) is 13.0 Å². The number of aromatic nitrogens is 1. The van der Waals surface area contributed by atoms with E-state index in [1.54, 1.807) is 19.1 Å². The van der Waals surface area contributed by atoms with Crippen LogP contribution in [0.4, 0.5) is 0 Å². The normalized spacial score (nSPS) is 13.9. The van der Waals surface area contributed by atoms with Crippen molar-refractivity contribution in [3.8, 4) is 5.88 Å². The first-order chi connectivity index (χ1) is 8.08. The van der Waals surface area contributed by atoms with Gasteiger partial charge >= 0.3 is 0 Å². The fraction of sp³-hybridized carbons (Fsp3) is 0.455. The molecule has 1 unspecified atom stereocenters. The third-order valence-corrected chi connectivity index (χ3v) is 2.53. The molecule has 1 aromatic heterocycles. The van der Waals surface area contributed by atoms with Gasteiger partial charge in [-0.25, -0.2) is 10.5 Å². The molecule has 1 amide bonds. The maximum Gasteiger partial charge on any atom is 0.280 e. The van der Waals surface area contributed by atoms with Gasteiger partial charge in [0, 0.05) is 24.9 Å². The summed E-state index contributed by atoms with van der Waals surface area (Å²) in [6, 6.07) is 3.37. The molecule has 6 heteroatoms. The largest absolute Gasteiger partial charge is 0.481 e. The standard InChI is InChI=1S/C11H16N2O4/c1-11(16-3,10(14)13-17-4)8-5-6-9(15-2)12-7-8/h5-7H,1-4H3,(H,13,14). The maximum absolute atomic E-state index is 11.8. The zero-order valence-corrected chi connectivity index (χ0v) is 10.3. The third kappa shape index (κ3) is 2.72. The van der Waals surface area contributed by atoms with Crippen molar-refractivity contribution in [3.63, 3.8) is 0 Å². The van der Waals surface area contributed by atoms with E-state index in [9.17, 15) is 4.79 Å². The summed E-state index contributed by atoms with van der Waals surface area (Å²) in [7, 11) is 4.33. The molecule has 0 fully saturated rings. The minimum Gasteiger partial charge on any atom is -0.481 e. The zero-order valence-electron chi connectivity index (χ0n) is 10.3. The molecular formula is C11H16N2O4. The van der Waals surface area contributed by atoms with Crippen LogP contribution >= 0.6 is 0 Å². The highest BCUT2D eigenvalue weighted by Crippen LogP contribution is 2.25. The molecular weight excluding hydrogens is 224 g/mol. The summed E-state index contributed by atoms with van der Waals surface area (Å²) >= 11 is 0. The van der Waals surface area contributed by atoms with E-state index in [1.807, 2.05) is 0 Å². The predicted molar refractivity (Wildman–Crippen MR) is 60.3 cm³/mol. The van der Waals surface area contributed by atoms with Gasteiger partial charge in [-0.1, -0.05) is 0 Å². The minimum atomic E-state index is -1.16. The van der Waals surface area contributed by atoms with Crippen molar-refractivity contribution in [2.24, 2.45) is 0 Å². The number of hydrogen-bond donors (Lipinski definition) is 1. The molecule has 0 aliphatic carbocycles. The molecule has 0 aromatic carbocycles. The van der Waals surface area contributed by atoms with Crippen LogP contribution in [0.5, 0.6) is 5.88 Å². The van der Waals surface area contributed by atoms with Crippen LogP contribution in [0.25, 0.3) is 0 Å². The van der Waals surface area contributed by atoms with Gasteiger partial charge in [-0.3, -0.25) is 9.63 Å². The third-order valence-electron chi connectivity index (χ3n) is 2.53. The van der Waals surface area contributed by atoms with Gasteiger partial charge in [-0.2, -0.15) is 0 Å². The number of methoxy groups -OCH3 is 2. The van der Waals surface area contributed by atoms with Crippen molar-refractivity contribution in [2.45, 2.75) is 12.5 Å². The van der Waals surface area contributed by atoms with E-state index >= 15 is 0 Å². The van der Waals surface area contributed by atoms with E-state index in [0.717, 1.165) is 0 Å². The number of hydroxylamine groups is 1. The summed E-state index contributed by atoms with van der Waals surface area (Å²) in [5, 5.41) is 0. The highest BCUT2D eigenvalue weighted by Gasteiger charge is 2.35. The molecule has 0 saturated heterocycles. The Morgan fingerprint density at radius 1 is 1.35 bits per heavy atom. The lowest BCUT2D eigenvalue weighted by molar-refractivity contribution is -0.153. The Hall–Kier alpha value is -1.66. The Bertz CT molecular complexity index is 380. The molecule has 0 bridgehead atoms. The molecule has 0 aliphatic heterocycles. The van der Waals surface area contributed by atoms with E-state index < -0.39 is 11.5 Å². The van der Waals surface area contributed by atoms with E-state index in [1.165, 1.54) is 27.5 Å². The van der Waals surface area contributed by atoms with Crippen molar-refractivity contribution in [2.75, 3.05) is 21.3 Å². The predicted octanol–water partition coefficient (Wildman–Crippen LogP) is 0.629.